The molecule has 0 bridgehead atoms. The molecule has 1 fully saturated rings. The minimum atomic E-state index is -0.316. The largest absolute Gasteiger partial charge is 0.355 e. The van der Waals surface area contributed by atoms with Crippen LogP contribution in [0.1, 0.15) is 26.3 Å². The van der Waals surface area contributed by atoms with Crippen molar-refractivity contribution in [3.05, 3.63) is 54.0 Å². The molecular weight excluding hydrogens is 321 g/mol. The minimum absolute atomic E-state index is 0. The highest BCUT2D eigenvalue weighted by molar-refractivity contribution is 5.73. The fraction of sp³-hybridized carbons (Fsp3) is 0.389. The first-order valence-corrected chi connectivity index (χ1v) is 8.42. The van der Waals surface area contributed by atoms with Crippen molar-refractivity contribution in [1.82, 2.24) is 20.8 Å². The number of carbonyl (C=O) groups is 1. The highest BCUT2D eigenvalue weighted by atomic mass is 19.1. The van der Waals surface area contributed by atoms with E-state index >= 15 is 0 Å². The summed E-state index contributed by atoms with van der Waals surface area (Å²) in [6.07, 6.45) is 5.65. The van der Waals surface area contributed by atoms with E-state index in [0.29, 0.717) is 5.56 Å². The molecular formula is C18H26FN5O. The Labute approximate surface area is 148 Å². The van der Waals surface area contributed by atoms with E-state index in [2.05, 4.69) is 25.7 Å². The predicted octanol–water partition coefficient (Wildman–Crippen LogP) is 2.97. The van der Waals surface area contributed by atoms with E-state index in [1.54, 1.807) is 24.4 Å². The number of amides is 2. The van der Waals surface area contributed by atoms with Crippen LogP contribution < -0.4 is 15.5 Å². The van der Waals surface area contributed by atoms with Crippen molar-refractivity contribution in [1.29, 1.82) is 0 Å². The number of nitrogens with one attached hydrogen (secondary N) is 2. The fourth-order valence-electron chi connectivity index (χ4n) is 2.49. The lowest BCUT2D eigenvalue weighted by atomic mass is 10.1. The van der Waals surface area contributed by atoms with Gasteiger partial charge < -0.3 is 15.5 Å². The van der Waals surface area contributed by atoms with Gasteiger partial charge in [0.1, 0.15) is 5.82 Å². The Morgan fingerprint density at radius 2 is 1.96 bits per heavy atom. The van der Waals surface area contributed by atoms with Crippen LogP contribution in [0.25, 0.3) is 0 Å². The summed E-state index contributed by atoms with van der Waals surface area (Å²) >= 11 is 0. The maximum absolute atomic E-state index is 13.0. The van der Waals surface area contributed by atoms with Gasteiger partial charge in [0.25, 0.3) is 0 Å². The van der Waals surface area contributed by atoms with Gasteiger partial charge in [-0.25, -0.2) is 9.18 Å². The molecule has 7 heteroatoms. The number of rotatable bonds is 3. The molecule has 2 heterocycles. The van der Waals surface area contributed by atoms with Crippen molar-refractivity contribution in [2.45, 2.75) is 25.8 Å². The summed E-state index contributed by atoms with van der Waals surface area (Å²) in [6.45, 7) is 2.48. The summed E-state index contributed by atoms with van der Waals surface area (Å²) in [5, 5.41) is 12.8. The van der Waals surface area contributed by atoms with Gasteiger partial charge in [0.05, 0.1) is 0 Å². The molecule has 1 aromatic carbocycles. The second-order valence-corrected chi connectivity index (χ2v) is 5.65. The first-order chi connectivity index (χ1) is 12.2. The Balaban J connectivity index is 0.000000251. The van der Waals surface area contributed by atoms with Crippen LogP contribution in [0.4, 0.5) is 15.0 Å². The van der Waals surface area contributed by atoms with E-state index in [9.17, 15) is 9.18 Å². The Hall–Kier alpha value is -2.70. The first-order valence-electron chi connectivity index (χ1n) is 8.42. The Morgan fingerprint density at radius 1 is 1.20 bits per heavy atom. The molecule has 2 aromatic rings. The summed E-state index contributed by atoms with van der Waals surface area (Å²) in [4.78, 5) is 13.1. The van der Waals surface area contributed by atoms with Crippen molar-refractivity contribution in [3.63, 3.8) is 0 Å². The van der Waals surface area contributed by atoms with Gasteiger partial charge in [-0.1, -0.05) is 18.2 Å². The third kappa shape index (κ3) is 6.37. The number of nitrogens with zero attached hydrogens (tertiary/aromatic N) is 3. The average Bonchev–Trinajstić information content (AvgIpc) is 2.69. The molecule has 1 aliphatic rings. The Kier molecular flexibility index (Phi) is 7.62. The highest BCUT2D eigenvalue weighted by Gasteiger charge is 2.11. The summed E-state index contributed by atoms with van der Waals surface area (Å²) in [7, 11) is 1.51. The average molecular weight is 347 g/mol. The first kappa shape index (κ1) is 18.6. The fourth-order valence-corrected chi connectivity index (χ4v) is 2.49. The van der Waals surface area contributed by atoms with Crippen molar-refractivity contribution in [2.24, 2.45) is 0 Å². The van der Waals surface area contributed by atoms with E-state index < -0.39 is 0 Å². The maximum atomic E-state index is 13.0. The number of halogens is 1. The smallest absolute Gasteiger partial charge is 0.314 e. The quantitative estimate of drug-likeness (QED) is 0.895. The van der Waals surface area contributed by atoms with E-state index in [-0.39, 0.29) is 19.8 Å². The third-order valence-electron chi connectivity index (χ3n) is 3.86. The normalized spacial score (nSPS) is 13.4. The summed E-state index contributed by atoms with van der Waals surface area (Å²) in [6, 6.07) is 9.98. The van der Waals surface area contributed by atoms with Crippen molar-refractivity contribution in [2.75, 3.05) is 25.0 Å². The molecule has 0 saturated carbocycles. The summed E-state index contributed by atoms with van der Waals surface area (Å²) in [5.41, 5.74) is 0.478. The van der Waals surface area contributed by atoms with Gasteiger partial charge in [-0.3, -0.25) is 0 Å². The van der Waals surface area contributed by atoms with Gasteiger partial charge >= 0.3 is 6.03 Å². The van der Waals surface area contributed by atoms with Crippen LogP contribution in [0.15, 0.2) is 42.6 Å². The van der Waals surface area contributed by atoms with Gasteiger partial charge in [-0.15, -0.1) is 5.10 Å². The molecule has 1 aromatic heterocycles. The molecule has 1 saturated heterocycles. The molecule has 0 radical (unpaired) electrons. The Bertz CT molecular complexity index is 653. The van der Waals surface area contributed by atoms with Crippen LogP contribution in [0.5, 0.6) is 0 Å². The molecule has 2 amide bonds. The van der Waals surface area contributed by atoms with Crippen molar-refractivity contribution in [3.8, 4) is 0 Å². The van der Waals surface area contributed by atoms with E-state index in [0.717, 1.165) is 18.9 Å². The number of urea groups is 1. The SMILES string of the molecule is CNC(=O)NCc1ccccc1F.[HH].c1cnnc(N2CCCCC2)c1. The van der Waals surface area contributed by atoms with Gasteiger partial charge in [0.15, 0.2) is 5.82 Å². The van der Waals surface area contributed by atoms with Crippen molar-refractivity contribution >= 4 is 11.8 Å². The second kappa shape index (κ2) is 10.2. The lowest BCUT2D eigenvalue weighted by Crippen LogP contribution is -2.32. The van der Waals surface area contributed by atoms with Crippen LogP contribution in [-0.2, 0) is 6.54 Å². The molecule has 6 nitrogen and oxygen atoms in total. The number of aromatic nitrogens is 2. The molecule has 136 valence electrons. The van der Waals surface area contributed by atoms with Crippen LogP contribution in [0.2, 0.25) is 0 Å². The Morgan fingerprint density at radius 3 is 2.60 bits per heavy atom. The second-order valence-electron chi connectivity index (χ2n) is 5.65. The number of hydrogen-bond donors (Lipinski definition) is 2. The lowest BCUT2D eigenvalue weighted by molar-refractivity contribution is 0.242. The predicted molar refractivity (Wildman–Crippen MR) is 97.9 cm³/mol. The number of hydrogen-bond acceptors (Lipinski definition) is 4. The van der Waals surface area contributed by atoms with Gasteiger partial charge in [0.2, 0.25) is 0 Å². The molecule has 3 rings (SSSR count). The van der Waals surface area contributed by atoms with E-state index in [4.69, 9.17) is 0 Å². The molecule has 25 heavy (non-hydrogen) atoms. The number of anilines is 1. The van der Waals surface area contributed by atoms with Gasteiger partial charge in [0, 0.05) is 39.9 Å². The monoisotopic (exact) mass is 347 g/mol. The molecule has 0 aliphatic carbocycles. The van der Waals surface area contributed by atoms with Gasteiger partial charge in [-0.2, -0.15) is 5.10 Å². The standard InChI is InChI=1S/C9H11FN2O.C9H13N3.H2/c1-11-9(13)12-6-7-4-2-3-5-8(7)10;1-2-7-12(8-3-1)9-5-4-6-10-11-9;/h2-5H,6H2,1H3,(H2,11,12,13);4-6H,1-3,7-8H2;1H. The zero-order valence-corrected chi connectivity index (χ0v) is 14.4. The van der Waals surface area contributed by atoms with Crippen LogP contribution in [-0.4, -0.2) is 36.4 Å². The van der Waals surface area contributed by atoms with Crippen LogP contribution >= 0.6 is 0 Å². The maximum Gasteiger partial charge on any atom is 0.314 e. The molecule has 2 N–H and O–H groups in total. The topological polar surface area (TPSA) is 70.1 Å². The number of piperidine rings is 1. The minimum Gasteiger partial charge on any atom is -0.355 e. The summed E-state index contributed by atoms with van der Waals surface area (Å²) < 4.78 is 13.0. The molecule has 1 aliphatic heterocycles. The van der Waals surface area contributed by atoms with E-state index in [1.807, 2.05) is 12.1 Å². The van der Waals surface area contributed by atoms with Gasteiger partial charge in [-0.05, 0) is 37.5 Å². The van der Waals surface area contributed by atoms with Crippen molar-refractivity contribution < 1.29 is 10.6 Å². The number of benzene rings is 1. The molecule has 0 unspecified atom stereocenters. The molecule has 0 spiro atoms. The highest BCUT2D eigenvalue weighted by Crippen LogP contribution is 2.15. The number of carbonyl (C=O) groups excluding carboxylic acids is 1. The third-order valence-corrected chi connectivity index (χ3v) is 3.86. The van der Waals surface area contributed by atoms with E-state index in [1.165, 1.54) is 32.4 Å². The van der Waals surface area contributed by atoms with Crippen LogP contribution in [0, 0.1) is 5.82 Å². The zero-order valence-electron chi connectivity index (χ0n) is 14.4. The molecule has 0 atom stereocenters. The van der Waals surface area contributed by atoms with Crippen LogP contribution in [0.3, 0.4) is 0 Å². The lowest BCUT2D eigenvalue weighted by Gasteiger charge is -2.26. The summed E-state index contributed by atoms with van der Waals surface area (Å²) in [5.74, 6) is 0.719. The zero-order chi connectivity index (χ0) is 17.9.